The van der Waals surface area contributed by atoms with E-state index in [1.807, 2.05) is 0 Å². The molecule has 2 aromatic rings. The first-order chi connectivity index (χ1) is 7.22. The van der Waals surface area contributed by atoms with Gasteiger partial charge in [-0.05, 0) is 18.2 Å². The van der Waals surface area contributed by atoms with E-state index >= 15 is 0 Å². The predicted molar refractivity (Wildman–Crippen MR) is 56.5 cm³/mol. The second kappa shape index (κ2) is 4.21. The van der Waals surface area contributed by atoms with E-state index < -0.39 is 5.82 Å². The van der Waals surface area contributed by atoms with Crippen LogP contribution in [0.3, 0.4) is 0 Å². The molecule has 0 N–H and O–H groups in total. The fourth-order valence-corrected chi connectivity index (χ4v) is 1.62. The van der Waals surface area contributed by atoms with Gasteiger partial charge in [0.25, 0.3) is 0 Å². The van der Waals surface area contributed by atoms with Gasteiger partial charge in [-0.3, -0.25) is 0 Å². The molecule has 2 nitrogen and oxygen atoms in total. The lowest BCUT2D eigenvalue weighted by Gasteiger charge is -2.01. The Bertz CT molecular complexity index is 484. The summed E-state index contributed by atoms with van der Waals surface area (Å²) in [5, 5.41) is 0.434. The van der Waals surface area contributed by atoms with Crippen LogP contribution in [-0.2, 0) is 5.88 Å². The van der Waals surface area contributed by atoms with Gasteiger partial charge in [0, 0.05) is 5.02 Å². The molecule has 2 rings (SSSR count). The Morgan fingerprint density at radius 1 is 1.40 bits per heavy atom. The first-order valence-corrected chi connectivity index (χ1v) is 5.07. The SMILES string of the molecule is Fc1ccc(Cl)cc1-c1ocnc1CCl. The molecule has 0 aliphatic carbocycles. The highest BCUT2D eigenvalue weighted by Crippen LogP contribution is 2.29. The minimum atomic E-state index is -0.414. The molecule has 15 heavy (non-hydrogen) atoms. The van der Waals surface area contributed by atoms with Crippen molar-refractivity contribution in [2.24, 2.45) is 0 Å². The minimum Gasteiger partial charge on any atom is -0.443 e. The van der Waals surface area contributed by atoms with E-state index in [9.17, 15) is 4.39 Å². The zero-order valence-electron chi connectivity index (χ0n) is 7.51. The maximum absolute atomic E-state index is 13.5. The van der Waals surface area contributed by atoms with E-state index in [0.717, 1.165) is 0 Å². The maximum Gasteiger partial charge on any atom is 0.181 e. The number of halogens is 3. The van der Waals surface area contributed by atoms with Crippen LogP contribution in [0, 0.1) is 5.82 Å². The van der Waals surface area contributed by atoms with E-state index in [2.05, 4.69) is 4.98 Å². The second-order valence-corrected chi connectivity index (χ2v) is 3.59. The average molecular weight is 246 g/mol. The van der Waals surface area contributed by atoms with Crippen molar-refractivity contribution in [1.29, 1.82) is 0 Å². The van der Waals surface area contributed by atoms with Crippen LogP contribution in [0.15, 0.2) is 29.0 Å². The largest absolute Gasteiger partial charge is 0.443 e. The second-order valence-electron chi connectivity index (χ2n) is 2.89. The van der Waals surface area contributed by atoms with Crippen LogP contribution in [0.4, 0.5) is 4.39 Å². The fourth-order valence-electron chi connectivity index (χ4n) is 1.25. The molecule has 1 heterocycles. The van der Waals surface area contributed by atoms with Crippen LogP contribution in [0.25, 0.3) is 11.3 Å². The zero-order chi connectivity index (χ0) is 10.8. The molecule has 0 aliphatic rings. The molecule has 0 unspecified atom stereocenters. The van der Waals surface area contributed by atoms with Crippen molar-refractivity contribution in [3.63, 3.8) is 0 Å². The summed E-state index contributed by atoms with van der Waals surface area (Å²) in [5.41, 5.74) is 0.772. The van der Waals surface area contributed by atoms with Crippen molar-refractivity contribution in [2.45, 2.75) is 5.88 Å². The smallest absolute Gasteiger partial charge is 0.181 e. The van der Waals surface area contributed by atoms with Gasteiger partial charge >= 0.3 is 0 Å². The number of rotatable bonds is 2. The lowest BCUT2D eigenvalue weighted by Crippen LogP contribution is -1.87. The Hall–Kier alpha value is -1.06. The van der Waals surface area contributed by atoms with E-state index in [1.54, 1.807) is 0 Å². The van der Waals surface area contributed by atoms with Gasteiger partial charge in [-0.2, -0.15) is 0 Å². The van der Waals surface area contributed by atoms with E-state index in [-0.39, 0.29) is 11.4 Å². The Morgan fingerprint density at radius 2 is 2.20 bits per heavy atom. The van der Waals surface area contributed by atoms with Crippen LogP contribution >= 0.6 is 23.2 Å². The fraction of sp³-hybridized carbons (Fsp3) is 0.100. The van der Waals surface area contributed by atoms with Crippen molar-refractivity contribution in [3.8, 4) is 11.3 Å². The van der Waals surface area contributed by atoms with Crippen LogP contribution < -0.4 is 0 Å². The van der Waals surface area contributed by atoms with Gasteiger partial charge in [0.15, 0.2) is 12.2 Å². The highest BCUT2D eigenvalue weighted by atomic mass is 35.5. The summed E-state index contributed by atoms with van der Waals surface area (Å²) in [6.45, 7) is 0. The Kier molecular flexibility index (Phi) is 2.93. The predicted octanol–water partition coefficient (Wildman–Crippen LogP) is 3.87. The molecule has 5 heteroatoms. The molecule has 1 aromatic carbocycles. The number of aromatic nitrogens is 1. The summed E-state index contributed by atoms with van der Waals surface area (Å²) in [7, 11) is 0. The van der Waals surface area contributed by atoms with Crippen LogP contribution in [-0.4, -0.2) is 4.98 Å². The average Bonchev–Trinajstić information content (AvgIpc) is 2.69. The number of oxazole rings is 1. The molecule has 0 amide bonds. The Labute approximate surface area is 95.6 Å². The number of hydrogen-bond donors (Lipinski definition) is 0. The Morgan fingerprint density at radius 3 is 2.93 bits per heavy atom. The standard InChI is InChI=1S/C10H6Cl2FNO/c11-4-9-10(15-5-14-9)7-3-6(12)1-2-8(7)13/h1-3,5H,4H2. The third-order valence-electron chi connectivity index (χ3n) is 1.94. The quantitative estimate of drug-likeness (QED) is 0.751. The molecule has 1 aromatic heterocycles. The number of nitrogens with zero attached hydrogens (tertiary/aromatic N) is 1. The normalized spacial score (nSPS) is 10.6. The molecule has 0 bridgehead atoms. The molecule has 0 saturated heterocycles. The van der Waals surface area contributed by atoms with Crippen LogP contribution in [0.1, 0.15) is 5.69 Å². The summed E-state index contributed by atoms with van der Waals surface area (Å²) in [6, 6.07) is 4.22. The highest BCUT2D eigenvalue weighted by Gasteiger charge is 2.14. The first-order valence-electron chi connectivity index (χ1n) is 4.16. The molecule has 0 radical (unpaired) electrons. The molecule has 78 valence electrons. The van der Waals surface area contributed by atoms with E-state index in [0.29, 0.717) is 16.5 Å². The third-order valence-corrected chi connectivity index (χ3v) is 2.43. The van der Waals surface area contributed by atoms with Gasteiger partial charge in [-0.1, -0.05) is 11.6 Å². The van der Waals surface area contributed by atoms with Crippen molar-refractivity contribution in [1.82, 2.24) is 4.98 Å². The first kappa shape index (κ1) is 10.5. The van der Waals surface area contributed by atoms with Gasteiger partial charge in [-0.15, -0.1) is 11.6 Å². The van der Waals surface area contributed by atoms with Crippen molar-refractivity contribution in [2.75, 3.05) is 0 Å². The molecule has 0 atom stereocenters. The van der Waals surface area contributed by atoms with Gasteiger partial charge in [0.05, 0.1) is 11.4 Å². The van der Waals surface area contributed by atoms with Gasteiger partial charge in [0.1, 0.15) is 11.5 Å². The van der Waals surface area contributed by atoms with E-state index in [4.69, 9.17) is 27.6 Å². The van der Waals surface area contributed by atoms with E-state index in [1.165, 1.54) is 24.6 Å². The highest BCUT2D eigenvalue weighted by molar-refractivity contribution is 6.30. The number of alkyl halides is 1. The zero-order valence-corrected chi connectivity index (χ0v) is 9.02. The molecular weight excluding hydrogens is 240 g/mol. The summed E-state index contributed by atoms with van der Waals surface area (Å²) in [4.78, 5) is 3.87. The maximum atomic E-state index is 13.5. The topological polar surface area (TPSA) is 26.0 Å². The summed E-state index contributed by atoms with van der Waals surface area (Å²) < 4.78 is 18.5. The van der Waals surface area contributed by atoms with Crippen molar-refractivity contribution in [3.05, 3.63) is 41.1 Å². The molecule has 0 fully saturated rings. The third kappa shape index (κ3) is 1.98. The monoisotopic (exact) mass is 245 g/mol. The molecule has 0 aliphatic heterocycles. The van der Waals surface area contributed by atoms with Crippen molar-refractivity contribution < 1.29 is 8.81 Å². The summed E-state index contributed by atoms with van der Waals surface area (Å²) in [6.07, 6.45) is 1.23. The lowest BCUT2D eigenvalue weighted by atomic mass is 10.1. The number of hydrogen-bond acceptors (Lipinski definition) is 2. The number of benzene rings is 1. The molecular formula is C10H6Cl2FNO. The summed E-state index contributed by atoms with van der Waals surface area (Å²) in [5.74, 6) is 0.0742. The van der Waals surface area contributed by atoms with Gasteiger partial charge < -0.3 is 4.42 Å². The van der Waals surface area contributed by atoms with Crippen LogP contribution in [0.5, 0.6) is 0 Å². The molecule has 0 saturated carbocycles. The van der Waals surface area contributed by atoms with Gasteiger partial charge in [-0.25, -0.2) is 9.37 Å². The Balaban J connectivity index is 2.58. The van der Waals surface area contributed by atoms with Crippen molar-refractivity contribution >= 4 is 23.2 Å². The lowest BCUT2D eigenvalue weighted by molar-refractivity contribution is 0.560. The summed E-state index contributed by atoms with van der Waals surface area (Å²) >= 11 is 11.4. The van der Waals surface area contributed by atoms with Crippen LogP contribution in [0.2, 0.25) is 5.02 Å². The molecule has 0 spiro atoms. The minimum absolute atomic E-state index is 0.164. The van der Waals surface area contributed by atoms with Gasteiger partial charge in [0.2, 0.25) is 0 Å².